The van der Waals surface area contributed by atoms with Gasteiger partial charge in [-0.3, -0.25) is 9.59 Å². The monoisotopic (exact) mass is 493 g/mol. The Bertz CT molecular complexity index is 1160. The highest BCUT2D eigenvalue weighted by atomic mass is 16.5. The minimum Gasteiger partial charge on any atom is -0.382 e. The van der Waals surface area contributed by atoms with Gasteiger partial charge in [0, 0.05) is 37.6 Å². The Hall–Kier alpha value is -3.60. The van der Waals surface area contributed by atoms with Gasteiger partial charge in [-0.05, 0) is 11.6 Å². The van der Waals surface area contributed by atoms with Gasteiger partial charge in [0.2, 0.25) is 11.8 Å². The van der Waals surface area contributed by atoms with Gasteiger partial charge < -0.3 is 24.4 Å². The number of hydrogen-bond donors (Lipinski definition) is 2. The van der Waals surface area contributed by atoms with Gasteiger partial charge in [-0.25, -0.2) is 0 Å². The highest BCUT2D eigenvalue weighted by molar-refractivity contribution is 6.00. The number of anilines is 1. The highest BCUT2D eigenvalue weighted by Crippen LogP contribution is 2.39. The zero-order chi connectivity index (χ0) is 25.2. The third-order valence-corrected chi connectivity index (χ3v) is 5.84. The number of rotatable bonds is 12. The number of H-pyrrole nitrogens is 1. The van der Waals surface area contributed by atoms with Crippen molar-refractivity contribution in [1.82, 2.24) is 20.7 Å². The summed E-state index contributed by atoms with van der Waals surface area (Å²) in [7, 11) is 1.62. The van der Waals surface area contributed by atoms with Crippen LogP contribution in [0.5, 0.6) is 0 Å². The fourth-order valence-corrected chi connectivity index (χ4v) is 4.04. The second kappa shape index (κ2) is 12.9. The Kier molecular flexibility index (Phi) is 9.15. The van der Waals surface area contributed by atoms with Gasteiger partial charge in [-0.15, -0.1) is 0 Å². The number of hydrogen-bond acceptors (Lipinski definition) is 7. The van der Waals surface area contributed by atoms with Crippen LogP contribution in [-0.2, 0) is 30.3 Å². The van der Waals surface area contributed by atoms with E-state index in [1.54, 1.807) is 12.0 Å². The van der Waals surface area contributed by atoms with Crippen molar-refractivity contribution < 1.29 is 23.8 Å². The summed E-state index contributed by atoms with van der Waals surface area (Å²) >= 11 is 0. The second-order valence-corrected chi connectivity index (χ2v) is 8.24. The Balaban J connectivity index is 1.33. The normalized spacial score (nSPS) is 12.2. The van der Waals surface area contributed by atoms with Crippen LogP contribution < -0.4 is 10.2 Å². The molecule has 2 heterocycles. The Morgan fingerprint density at radius 2 is 1.56 bits per heavy atom. The molecule has 2 amide bonds. The Morgan fingerprint density at radius 1 is 0.889 bits per heavy atom. The standard InChI is InChI=1S/C26H31N5O5/c1-34-14-15-36-17-16-35-13-11-23(32)27-12-10-24(33)31-18-19-6-2-3-7-20(19)25-26(29-30-28-25)21-8-4-5-9-22(21)31/h2-9H,10-18H2,1H3,(H,27,32)(H,28,29,30). The van der Waals surface area contributed by atoms with Gasteiger partial charge in [0.1, 0.15) is 11.4 Å². The van der Waals surface area contributed by atoms with E-state index in [9.17, 15) is 9.59 Å². The lowest BCUT2D eigenvalue weighted by molar-refractivity contribution is -0.122. The topological polar surface area (TPSA) is 119 Å². The molecule has 2 aromatic carbocycles. The van der Waals surface area contributed by atoms with Crippen LogP contribution in [0.1, 0.15) is 18.4 Å². The largest absolute Gasteiger partial charge is 0.382 e. The Morgan fingerprint density at radius 3 is 2.36 bits per heavy atom. The van der Waals surface area contributed by atoms with Crippen LogP contribution in [-0.4, -0.2) is 73.9 Å². The maximum Gasteiger partial charge on any atom is 0.229 e. The van der Waals surface area contributed by atoms with Crippen molar-refractivity contribution in [3.8, 4) is 22.5 Å². The van der Waals surface area contributed by atoms with Crippen molar-refractivity contribution in [1.29, 1.82) is 0 Å². The lowest BCUT2D eigenvalue weighted by Crippen LogP contribution is -2.35. The quantitative estimate of drug-likeness (QED) is 0.372. The zero-order valence-electron chi connectivity index (χ0n) is 20.4. The maximum atomic E-state index is 13.4. The third-order valence-electron chi connectivity index (χ3n) is 5.84. The van der Waals surface area contributed by atoms with Gasteiger partial charge in [-0.2, -0.15) is 15.4 Å². The molecule has 3 aromatic rings. The lowest BCUT2D eigenvalue weighted by atomic mass is 9.96. The molecule has 1 aromatic heterocycles. The molecule has 0 unspecified atom stereocenters. The van der Waals surface area contributed by atoms with Crippen LogP contribution >= 0.6 is 0 Å². The van der Waals surface area contributed by atoms with E-state index in [1.807, 2.05) is 48.5 Å². The van der Waals surface area contributed by atoms with E-state index in [0.29, 0.717) is 45.3 Å². The lowest BCUT2D eigenvalue weighted by Gasteiger charge is -2.28. The van der Waals surface area contributed by atoms with Crippen molar-refractivity contribution in [2.75, 3.05) is 51.6 Å². The summed E-state index contributed by atoms with van der Waals surface area (Å²) in [6.07, 6.45) is 0.392. The SMILES string of the molecule is COCCOCCOCCC(=O)NCCC(=O)N1Cc2ccccc2-c2n[nH]nc2-c2ccccc21. The van der Waals surface area contributed by atoms with Crippen LogP contribution in [0.2, 0.25) is 0 Å². The number of methoxy groups -OCH3 is 1. The van der Waals surface area contributed by atoms with Crippen LogP contribution in [0.4, 0.5) is 5.69 Å². The molecular weight excluding hydrogens is 462 g/mol. The number of benzene rings is 2. The van der Waals surface area contributed by atoms with Crippen LogP contribution in [0.15, 0.2) is 48.5 Å². The fourth-order valence-electron chi connectivity index (χ4n) is 4.04. The van der Waals surface area contributed by atoms with Crippen molar-refractivity contribution >= 4 is 17.5 Å². The van der Waals surface area contributed by atoms with Crippen LogP contribution in [0, 0.1) is 0 Å². The average Bonchev–Trinajstić information content (AvgIpc) is 3.37. The number of amides is 2. The summed E-state index contributed by atoms with van der Waals surface area (Å²) in [4.78, 5) is 27.3. The molecule has 10 nitrogen and oxygen atoms in total. The summed E-state index contributed by atoms with van der Waals surface area (Å²) in [5, 5.41) is 14.3. The summed E-state index contributed by atoms with van der Waals surface area (Å²) in [6.45, 7) is 2.86. The first-order chi connectivity index (χ1) is 17.7. The summed E-state index contributed by atoms with van der Waals surface area (Å²) < 4.78 is 15.6. The molecule has 4 rings (SSSR count). The van der Waals surface area contributed by atoms with E-state index < -0.39 is 0 Å². The molecule has 0 saturated heterocycles. The number of fused-ring (bicyclic) bond motifs is 5. The van der Waals surface area contributed by atoms with Crippen molar-refractivity contribution in [3.63, 3.8) is 0 Å². The van der Waals surface area contributed by atoms with Crippen LogP contribution in [0.3, 0.4) is 0 Å². The predicted octanol–water partition coefficient (Wildman–Crippen LogP) is 2.56. The molecule has 1 aliphatic heterocycles. The summed E-state index contributed by atoms with van der Waals surface area (Å²) in [5.41, 5.74) is 4.97. The minimum absolute atomic E-state index is 0.0889. The van der Waals surface area contributed by atoms with Crippen molar-refractivity contribution in [2.24, 2.45) is 0 Å². The van der Waals surface area contributed by atoms with E-state index in [2.05, 4.69) is 20.7 Å². The number of aromatic amines is 1. The molecule has 0 atom stereocenters. The number of aromatic nitrogens is 3. The molecule has 1 aliphatic rings. The molecule has 0 bridgehead atoms. The molecule has 0 spiro atoms. The van der Waals surface area contributed by atoms with Gasteiger partial charge in [0.15, 0.2) is 0 Å². The van der Waals surface area contributed by atoms with E-state index >= 15 is 0 Å². The molecule has 2 N–H and O–H groups in total. The van der Waals surface area contributed by atoms with Gasteiger partial charge in [0.05, 0.1) is 45.3 Å². The molecule has 190 valence electrons. The van der Waals surface area contributed by atoms with Gasteiger partial charge >= 0.3 is 0 Å². The third kappa shape index (κ3) is 6.34. The molecule has 36 heavy (non-hydrogen) atoms. The second-order valence-electron chi connectivity index (χ2n) is 8.24. The number of nitrogens with one attached hydrogen (secondary N) is 2. The number of carbonyl (C=O) groups is 2. The fraction of sp³-hybridized carbons (Fsp3) is 0.385. The van der Waals surface area contributed by atoms with Crippen molar-refractivity contribution in [2.45, 2.75) is 19.4 Å². The van der Waals surface area contributed by atoms with Crippen LogP contribution in [0.25, 0.3) is 22.5 Å². The Labute approximate surface area is 209 Å². The maximum absolute atomic E-state index is 13.4. The first kappa shape index (κ1) is 25.5. The molecule has 0 aliphatic carbocycles. The van der Waals surface area contributed by atoms with Crippen molar-refractivity contribution in [3.05, 3.63) is 54.1 Å². The van der Waals surface area contributed by atoms with Gasteiger partial charge in [0.25, 0.3) is 0 Å². The molecule has 0 fully saturated rings. The molecule has 0 radical (unpaired) electrons. The predicted molar refractivity (Wildman–Crippen MR) is 134 cm³/mol. The van der Waals surface area contributed by atoms with Gasteiger partial charge in [-0.1, -0.05) is 42.5 Å². The number of para-hydroxylation sites is 1. The van der Waals surface area contributed by atoms with E-state index in [-0.39, 0.29) is 31.2 Å². The average molecular weight is 494 g/mol. The summed E-state index contributed by atoms with van der Waals surface area (Å²) in [5.74, 6) is -0.247. The molecule has 10 heteroatoms. The molecule has 0 saturated carbocycles. The summed E-state index contributed by atoms with van der Waals surface area (Å²) in [6, 6.07) is 15.5. The molecular formula is C26H31N5O5. The first-order valence-corrected chi connectivity index (χ1v) is 12.0. The number of carbonyl (C=O) groups excluding carboxylic acids is 2. The van der Waals surface area contributed by atoms with E-state index in [4.69, 9.17) is 14.2 Å². The first-order valence-electron chi connectivity index (χ1n) is 12.0. The smallest absolute Gasteiger partial charge is 0.229 e. The van der Waals surface area contributed by atoms with E-state index in [1.165, 1.54) is 0 Å². The minimum atomic E-state index is -0.159. The van der Waals surface area contributed by atoms with E-state index in [0.717, 1.165) is 28.1 Å². The highest BCUT2D eigenvalue weighted by Gasteiger charge is 2.27. The number of nitrogens with zero attached hydrogens (tertiary/aromatic N) is 3. The zero-order valence-corrected chi connectivity index (χ0v) is 20.4. The number of ether oxygens (including phenoxy) is 3.